The van der Waals surface area contributed by atoms with Gasteiger partial charge in [0.15, 0.2) is 5.96 Å². The van der Waals surface area contributed by atoms with Gasteiger partial charge in [-0.2, -0.15) is 8.78 Å². The van der Waals surface area contributed by atoms with E-state index >= 15 is 0 Å². The first-order chi connectivity index (χ1) is 13.5. The fraction of sp³-hybridized carbons (Fsp3) is 0.632. The van der Waals surface area contributed by atoms with Crippen LogP contribution in [0.1, 0.15) is 24.8 Å². The van der Waals surface area contributed by atoms with E-state index in [9.17, 15) is 8.78 Å². The zero-order valence-corrected chi connectivity index (χ0v) is 17.1. The molecule has 0 spiro atoms. The molecule has 28 heavy (non-hydrogen) atoms. The minimum absolute atomic E-state index is 0.103. The lowest BCUT2D eigenvalue weighted by atomic mass is 10.1. The summed E-state index contributed by atoms with van der Waals surface area (Å²) in [6.45, 7) is 1.28. The quantitative estimate of drug-likeness (QED) is 0.366. The number of hydrogen-bond acceptors (Lipinski definition) is 4. The Labute approximate surface area is 170 Å². The maximum Gasteiger partial charge on any atom is 0.387 e. The Bertz CT molecular complexity index is 626. The largest absolute Gasteiger partial charge is 0.434 e. The number of aliphatic imine (C=N–C) groups is 1. The average Bonchev–Trinajstić information content (AvgIpc) is 2.68. The summed E-state index contributed by atoms with van der Waals surface area (Å²) >= 11 is 5.99. The molecule has 0 radical (unpaired) electrons. The average molecular weight is 419 g/mol. The minimum atomic E-state index is -2.88. The summed E-state index contributed by atoms with van der Waals surface area (Å²) < 4.78 is 34.8. The molecule has 1 heterocycles. The minimum Gasteiger partial charge on any atom is -0.434 e. The molecule has 0 aromatic heterocycles. The van der Waals surface area contributed by atoms with Crippen LogP contribution in [0.2, 0.25) is 5.02 Å². The number of rotatable bonds is 9. The van der Waals surface area contributed by atoms with Crippen molar-refractivity contribution in [1.82, 2.24) is 15.5 Å². The van der Waals surface area contributed by atoms with E-state index < -0.39 is 6.61 Å². The summed E-state index contributed by atoms with van der Waals surface area (Å²) in [6.07, 6.45) is 3.08. The zero-order chi connectivity index (χ0) is 20.4. The van der Waals surface area contributed by atoms with Crippen molar-refractivity contribution >= 4 is 17.6 Å². The number of nitrogens with zero attached hydrogens (tertiary/aromatic N) is 2. The number of benzene rings is 1. The molecule has 9 heteroatoms. The molecule has 0 saturated carbocycles. The normalized spacial score (nSPS) is 16.4. The van der Waals surface area contributed by atoms with Crippen molar-refractivity contribution in [2.45, 2.75) is 38.5 Å². The fourth-order valence-electron chi connectivity index (χ4n) is 3.20. The van der Waals surface area contributed by atoms with Gasteiger partial charge in [-0.05, 0) is 37.5 Å². The van der Waals surface area contributed by atoms with Crippen molar-refractivity contribution in [3.05, 3.63) is 28.8 Å². The summed E-state index contributed by atoms with van der Waals surface area (Å²) in [4.78, 5) is 6.67. The van der Waals surface area contributed by atoms with E-state index in [2.05, 4.69) is 25.3 Å². The highest BCUT2D eigenvalue weighted by molar-refractivity contribution is 6.30. The molecule has 1 aliphatic rings. The molecule has 6 nitrogen and oxygen atoms in total. The van der Waals surface area contributed by atoms with E-state index in [1.165, 1.54) is 12.1 Å². The molecule has 0 amide bonds. The highest BCUT2D eigenvalue weighted by Crippen LogP contribution is 2.24. The lowest BCUT2D eigenvalue weighted by Gasteiger charge is -2.33. The molecule has 0 aliphatic carbocycles. The third kappa shape index (κ3) is 7.77. The van der Waals surface area contributed by atoms with Gasteiger partial charge in [0, 0.05) is 63.6 Å². The van der Waals surface area contributed by atoms with E-state index in [1.807, 2.05) is 0 Å². The van der Waals surface area contributed by atoms with Crippen molar-refractivity contribution in [2.75, 3.05) is 40.4 Å². The molecule has 1 fully saturated rings. The summed E-state index contributed by atoms with van der Waals surface area (Å²) in [5.41, 5.74) is 0.545. The number of piperidine rings is 1. The third-order valence-corrected chi connectivity index (χ3v) is 4.89. The highest BCUT2D eigenvalue weighted by Gasteiger charge is 2.20. The Kier molecular flexibility index (Phi) is 9.73. The van der Waals surface area contributed by atoms with Crippen LogP contribution >= 0.6 is 11.6 Å². The van der Waals surface area contributed by atoms with E-state index in [0.717, 1.165) is 45.5 Å². The first kappa shape index (κ1) is 22.6. The van der Waals surface area contributed by atoms with E-state index in [4.69, 9.17) is 16.3 Å². The Balaban J connectivity index is 1.82. The van der Waals surface area contributed by atoms with E-state index in [0.29, 0.717) is 22.6 Å². The molecule has 0 unspecified atom stereocenters. The molecule has 0 atom stereocenters. The predicted molar refractivity (Wildman–Crippen MR) is 107 cm³/mol. The number of nitrogens with one attached hydrogen (secondary N) is 2. The SMILES string of the molecule is CN=C(NCc1cc(Cl)ccc1OC(F)F)NC1CCN(CCCOC)CC1. The summed E-state index contributed by atoms with van der Waals surface area (Å²) in [5.74, 6) is 0.729. The van der Waals surface area contributed by atoms with Gasteiger partial charge in [0.2, 0.25) is 0 Å². The van der Waals surface area contributed by atoms with Crippen LogP contribution in [0, 0.1) is 0 Å². The summed E-state index contributed by atoms with van der Waals surface area (Å²) in [7, 11) is 3.41. The van der Waals surface area contributed by atoms with Crippen molar-refractivity contribution in [2.24, 2.45) is 4.99 Å². The van der Waals surface area contributed by atoms with Crippen molar-refractivity contribution in [1.29, 1.82) is 0 Å². The Morgan fingerprint density at radius 3 is 2.75 bits per heavy atom. The fourth-order valence-corrected chi connectivity index (χ4v) is 3.39. The predicted octanol–water partition coefficient (Wildman–Crippen LogP) is 3.11. The summed E-state index contributed by atoms with van der Waals surface area (Å²) in [6, 6.07) is 4.90. The Hall–Kier alpha value is -1.64. The Morgan fingerprint density at radius 2 is 2.11 bits per heavy atom. The van der Waals surface area contributed by atoms with Crippen LogP contribution in [0.25, 0.3) is 0 Å². The van der Waals surface area contributed by atoms with Crippen molar-refractivity contribution in [3.63, 3.8) is 0 Å². The Morgan fingerprint density at radius 1 is 1.36 bits per heavy atom. The number of hydrogen-bond donors (Lipinski definition) is 2. The van der Waals surface area contributed by atoms with Crippen LogP contribution in [-0.2, 0) is 11.3 Å². The molecule has 0 bridgehead atoms. The maximum atomic E-state index is 12.6. The number of alkyl halides is 2. The number of halogens is 3. The van der Waals surface area contributed by atoms with Gasteiger partial charge in [-0.3, -0.25) is 4.99 Å². The highest BCUT2D eigenvalue weighted by atomic mass is 35.5. The van der Waals surface area contributed by atoms with Crippen LogP contribution < -0.4 is 15.4 Å². The number of likely N-dealkylation sites (tertiary alicyclic amines) is 1. The first-order valence-electron chi connectivity index (χ1n) is 9.43. The molecule has 1 aromatic carbocycles. The van der Waals surface area contributed by atoms with Crippen LogP contribution in [0.15, 0.2) is 23.2 Å². The van der Waals surface area contributed by atoms with Crippen LogP contribution in [0.5, 0.6) is 5.75 Å². The van der Waals surface area contributed by atoms with Gasteiger partial charge in [0.1, 0.15) is 5.75 Å². The van der Waals surface area contributed by atoms with E-state index in [1.54, 1.807) is 20.2 Å². The van der Waals surface area contributed by atoms with Gasteiger partial charge in [0.25, 0.3) is 0 Å². The van der Waals surface area contributed by atoms with Gasteiger partial charge >= 0.3 is 6.61 Å². The van der Waals surface area contributed by atoms with Crippen LogP contribution in [-0.4, -0.2) is 63.9 Å². The standard InChI is InChI=1S/C19H29ClF2N4O2/c1-23-19(25-16-6-9-26(10-7-16)8-3-11-27-2)24-13-14-12-15(20)4-5-17(14)28-18(21)22/h4-5,12,16,18H,3,6-11,13H2,1-2H3,(H2,23,24,25). The van der Waals surface area contributed by atoms with E-state index in [-0.39, 0.29) is 12.3 Å². The molecule has 2 N–H and O–H groups in total. The lowest BCUT2D eigenvalue weighted by Crippen LogP contribution is -2.48. The van der Waals surface area contributed by atoms with Gasteiger partial charge < -0.3 is 25.0 Å². The smallest absolute Gasteiger partial charge is 0.387 e. The third-order valence-electron chi connectivity index (χ3n) is 4.66. The molecule has 1 saturated heterocycles. The monoisotopic (exact) mass is 418 g/mol. The molecule has 2 rings (SSSR count). The lowest BCUT2D eigenvalue weighted by molar-refractivity contribution is -0.0504. The number of guanidine groups is 1. The molecule has 158 valence electrons. The van der Waals surface area contributed by atoms with Crippen LogP contribution in [0.3, 0.4) is 0 Å². The summed E-state index contributed by atoms with van der Waals surface area (Å²) in [5, 5.41) is 7.02. The molecular weight excluding hydrogens is 390 g/mol. The van der Waals surface area contributed by atoms with Crippen molar-refractivity contribution < 1.29 is 18.3 Å². The first-order valence-corrected chi connectivity index (χ1v) is 9.81. The maximum absolute atomic E-state index is 12.6. The zero-order valence-electron chi connectivity index (χ0n) is 16.4. The molecule has 1 aromatic rings. The molecular formula is C19H29ClF2N4O2. The second-order valence-electron chi connectivity index (χ2n) is 6.66. The van der Waals surface area contributed by atoms with Gasteiger partial charge in [-0.15, -0.1) is 0 Å². The second-order valence-corrected chi connectivity index (χ2v) is 7.10. The molecule has 1 aliphatic heterocycles. The van der Waals surface area contributed by atoms with Crippen molar-refractivity contribution in [3.8, 4) is 5.75 Å². The second kappa shape index (κ2) is 12.0. The van der Waals surface area contributed by atoms with Gasteiger partial charge in [0.05, 0.1) is 0 Å². The van der Waals surface area contributed by atoms with Crippen LogP contribution in [0.4, 0.5) is 8.78 Å². The van der Waals surface area contributed by atoms with Gasteiger partial charge in [-0.1, -0.05) is 11.6 Å². The number of methoxy groups -OCH3 is 1. The number of ether oxygens (including phenoxy) is 2. The topological polar surface area (TPSA) is 58.1 Å². The van der Waals surface area contributed by atoms with Gasteiger partial charge in [-0.25, -0.2) is 0 Å².